The van der Waals surface area contributed by atoms with E-state index in [2.05, 4.69) is 9.88 Å². The monoisotopic (exact) mass is 298 g/mol. The number of benzene rings is 1. The zero-order valence-electron chi connectivity index (χ0n) is 9.70. The van der Waals surface area contributed by atoms with Crippen molar-refractivity contribution in [1.82, 2.24) is 4.98 Å². The molecule has 1 saturated heterocycles. The van der Waals surface area contributed by atoms with E-state index in [4.69, 9.17) is 23.2 Å². The van der Waals surface area contributed by atoms with Gasteiger partial charge >= 0.3 is 0 Å². The quantitative estimate of drug-likeness (QED) is 0.738. The second-order valence-corrected chi connectivity index (χ2v) is 6.28. The van der Waals surface area contributed by atoms with Crippen LogP contribution in [0.5, 0.6) is 0 Å². The van der Waals surface area contributed by atoms with Gasteiger partial charge in [-0.05, 0) is 23.6 Å². The van der Waals surface area contributed by atoms with Gasteiger partial charge in [0.1, 0.15) is 11.0 Å². The molecule has 1 aliphatic heterocycles. The van der Waals surface area contributed by atoms with Crippen molar-refractivity contribution in [1.29, 1.82) is 0 Å². The van der Waals surface area contributed by atoms with E-state index in [1.165, 1.54) is 0 Å². The number of pyridine rings is 1. The topological polar surface area (TPSA) is 16.1 Å². The Morgan fingerprint density at radius 1 is 1.11 bits per heavy atom. The van der Waals surface area contributed by atoms with Crippen LogP contribution in [0.2, 0.25) is 10.2 Å². The maximum Gasteiger partial charge on any atom is 0.138 e. The number of thioether (sulfide) groups is 1. The summed E-state index contributed by atoms with van der Waals surface area (Å²) in [5.41, 5.74) is 0. The Balaban J connectivity index is 2.16. The summed E-state index contributed by atoms with van der Waals surface area (Å²) in [4.78, 5) is 6.78. The highest BCUT2D eigenvalue weighted by Gasteiger charge is 2.16. The van der Waals surface area contributed by atoms with E-state index in [9.17, 15) is 0 Å². The van der Waals surface area contributed by atoms with Gasteiger partial charge in [0.05, 0.1) is 0 Å². The standard InChI is InChI=1S/C13H12Cl2N2S/c14-10-2-1-9-7-12(15)16-13(11(9)8-10)17-3-5-18-6-4-17/h1-2,7-8H,3-6H2. The van der Waals surface area contributed by atoms with Crippen molar-refractivity contribution >= 4 is 51.6 Å². The van der Waals surface area contributed by atoms with Crippen molar-refractivity contribution in [2.24, 2.45) is 0 Å². The fourth-order valence-electron chi connectivity index (χ4n) is 2.19. The van der Waals surface area contributed by atoms with Crippen LogP contribution in [-0.4, -0.2) is 29.6 Å². The molecule has 0 bridgehead atoms. The molecule has 0 radical (unpaired) electrons. The van der Waals surface area contributed by atoms with Gasteiger partial charge < -0.3 is 4.90 Å². The van der Waals surface area contributed by atoms with E-state index in [1.54, 1.807) is 0 Å². The summed E-state index contributed by atoms with van der Waals surface area (Å²) in [5, 5.41) is 3.45. The Hall–Kier alpha value is -0.640. The van der Waals surface area contributed by atoms with Crippen LogP contribution in [0.3, 0.4) is 0 Å². The van der Waals surface area contributed by atoms with E-state index in [-0.39, 0.29) is 0 Å². The lowest BCUT2D eigenvalue weighted by Gasteiger charge is -2.28. The molecule has 1 aromatic carbocycles. The molecule has 0 spiro atoms. The highest BCUT2D eigenvalue weighted by molar-refractivity contribution is 7.99. The first-order valence-corrected chi connectivity index (χ1v) is 7.73. The molecule has 94 valence electrons. The molecule has 1 aliphatic rings. The van der Waals surface area contributed by atoms with Gasteiger partial charge in [-0.25, -0.2) is 4.98 Å². The number of hydrogen-bond acceptors (Lipinski definition) is 3. The molecule has 1 fully saturated rings. The highest BCUT2D eigenvalue weighted by atomic mass is 35.5. The van der Waals surface area contributed by atoms with E-state index in [1.807, 2.05) is 36.0 Å². The molecule has 2 nitrogen and oxygen atoms in total. The second-order valence-electron chi connectivity index (χ2n) is 4.23. The molecule has 0 N–H and O–H groups in total. The lowest BCUT2D eigenvalue weighted by atomic mass is 10.1. The van der Waals surface area contributed by atoms with Gasteiger partial charge in [0.25, 0.3) is 0 Å². The van der Waals surface area contributed by atoms with Crippen LogP contribution in [0.1, 0.15) is 0 Å². The molecule has 0 aliphatic carbocycles. The van der Waals surface area contributed by atoms with Crippen molar-refractivity contribution < 1.29 is 0 Å². The molecule has 0 unspecified atom stereocenters. The van der Waals surface area contributed by atoms with Gasteiger partial charge in [-0.1, -0.05) is 29.3 Å². The van der Waals surface area contributed by atoms with Crippen molar-refractivity contribution in [3.05, 3.63) is 34.4 Å². The van der Waals surface area contributed by atoms with Crippen molar-refractivity contribution in [3.63, 3.8) is 0 Å². The fourth-order valence-corrected chi connectivity index (χ4v) is 3.46. The third kappa shape index (κ3) is 2.40. The maximum absolute atomic E-state index is 6.11. The summed E-state index contributed by atoms with van der Waals surface area (Å²) >= 11 is 14.2. The van der Waals surface area contributed by atoms with Crippen molar-refractivity contribution in [2.45, 2.75) is 0 Å². The van der Waals surface area contributed by atoms with Crippen LogP contribution < -0.4 is 4.90 Å². The Labute approximate surface area is 120 Å². The zero-order chi connectivity index (χ0) is 12.5. The van der Waals surface area contributed by atoms with Gasteiger partial charge in [-0.15, -0.1) is 0 Å². The summed E-state index contributed by atoms with van der Waals surface area (Å²) in [6.45, 7) is 2.03. The zero-order valence-corrected chi connectivity index (χ0v) is 12.0. The highest BCUT2D eigenvalue weighted by Crippen LogP contribution is 2.31. The van der Waals surface area contributed by atoms with Gasteiger partial charge in [0.15, 0.2) is 0 Å². The second kappa shape index (κ2) is 5.16. The molecule has 0 amide bonds. The van der Waals surface area contributed by atoms with Gasteiger partial charge in [-0.2, -0.15) is 11.8 Å². The molecule has 0 atom stereocenters. The normalized spacial score (nSPS) is 16.2. The Bertz CT molecular complexity index is 582. The number of nitrogens with zero attached hydrogens (tertiary/aromatic N) is 2. The third-order valence-electron chi connectivity index (χ3n) is 3.05. The smallest absolute Gasteiger partial charge is 0.138 e. The number of aromatic nitrogens is 1. The predicted octanol–water partition coefficient (Wildman–Crippen LogP) is 4.09. The van der Waals surface area contributed by atoms with E-state index in [0.717, 1.165) is 46.2 Å². The lowest BCUT2D eigenvalue weighted by Crippen LogP contribution is -2.33. The van der Waals surface area contributed by atoms with Gasteiger partial charge in [-0.3, -0.25) is 0 Å². The van der Waals surface area contributed by atoms with Crippen LogP contribution in [0, 0.1) is 0 Å². The van der Waals surface area contributed by atoms with Crippen LogP contribution >= 0.6 is 35.0 Å². The maximum atomic E-state index is 6.11. The number of hydrogen-bond donors (Lipinski definition) is 0. The van der Waals surface area contributed by atoms with Crippen LogP contribution in [-0.2, 0) is 0 Å². The Kier molecular flexibility index (Phi) is 3.55. The molecule has 5 heteroatoms. The Morgan fingerprint density at radius 3 is 2.67 bits per heavy atom. The van der Waals surface area contributed by atoms with Crippen LogP contribution in [0.15, 0.2) is 24.3 Å². The van der Waals surface area contributed by atoms with Gasteiger partial charge in [0.2, 0.25) is 0 Å². The largest absolute Gasteiger partial charge is 0.354 e. The number of anilines is 1. The SMILES string of the molecule is Clc1ccc2cc(Cl)nc(N3CCSCC3)c2c1. The van der Waals surface area contributed by atoms with E-state index >= 15 is 0 Å². The molecule has 1 aromatic heterocycles. The fraction of sp³-hybridized carbons (Fsp3) is 0.308. The molecule has 2 heterocycles. The predicted molar refractivity (Wildman–Crippen MR) is 81.3 cm³/mol. The minimum Gasteiger partial charge on any atom is -0.354 e. The molecular formula is C13H12Cl2N2S. The van der Waals surface area contributed by atoms with Gasteiger partial charge in [0, 0.05) is 35.0 Å². The summed E-state index contributed by atoms with van der Waals surface area (Å²) in [6.07, 6.45) is 0. The van der Waals surface area contributed by atoms with Crippen molar-refractivity contribution in [2.75, 3.05) is 29.5 Å². The summed E-state index contributed by atoms with van der Waals surface area (Å²) in [6, 6.07) is 7.73. The number of rotatable bonds is 1. The van der Waals surface area contributed by atoms with Crippen LogP contribution in [0.25, 0.3) is 10.8 Å². The average Bonchev–Trinajstić information content (AvgIpc) is 2.39. The summed E-state index contributed by atoms with van der Waals surface area (Å²) < 4.78 is 0. The minimum atomic E-state index is 0.540. The third-order valence-corrected chi connectivity index (χ3v) is 4.43. The molecule has 2 aromatic rings. The number of fused-ring (bicyclic) bond motifs is 1. The average molecular weight is 299 g/mol. The summed E-state index contributed by atoms with van der Waals surface area (Å²) in [7, 11) is 0. The summed E-state index contributed by atoms with van der Waals surface area (Å²) in [5.74, 6) is 3.23. The van der Waals surface area contributed by atoms with Crippen molar-refractivity contribution in [3.8, 4) is 0 Å². The van der Waals surface area contributed by atoms with Crippen LogP contribution in [0.4, 0.5) is 5.82 Å². The van der Waals surface area contributed by atoms with E-state index < -0.39 is 0 Å². The Morgan fingerprint density at radius 2 is 1.89 bits per heavy atom. The molecule has 3 rings (SSSR count). The lowest BCUT2D eigenvalue weighted by molar-refractivity contribution is 0.845. The molecule has 0 saturated carbocycles. The minimum absolute atomic E-state index is 0.540. The van der Waals surface area contributed by atoms with E-state index in [0.29, 0.717) is 5.15 Å². The first-order valence-electron chi connectivity index (χ1n) is 5.82. The number of halogens is 2. The molecule has 18 heavy (non-hydrogen) atoms. The molecular weight excluding hydrogens is 287 g/mol. The first-order chi connectivity index (χ1) is 8.74. The first kappa shape index (κ1) is 12.4.